The second kappa shape index (κ2) is 3.85. The van der Waals surface area contributed by atoms with Crippen LogP contribution in [-0.2, 0) is 0 Å². The molecule has 0 aromatic heterocycles. The van der Waals surface area contributed by atoms with Crippen molar-refractivity contribution < 1.29 is 0 Å². The Hall–Kier alpha value is -1.82. The number of fused-ring (bicyclic) bond motifs is 4. The van der Waals surface area contributed by atoms with Gasteiger partial charge in [0.25, 0.3) is 0 Å². The number of hydrogen-bond donors (Lipinski definition) is 0. The smallest absolute Gasteiger partial charge is 0.194 e. The topological polar surface area (TPSA) is 95.2 Å². The quantitative estimate of drug-likeness (QED) is 0.505. The lowest BCUT2D eigenvalue weighted by Crippen LogP contribution is -2.66. The zero-order valence-electron chi connectivity index (χ0n) is 10.7. The van der Waals surface area contributed by atoms with Crippen molar-refractivity contribution in [1.29, 1.82) is 21.0 Å². The van der Waals surface area contributed by atoms with Crippen LogP contribution >= 0.6 is 15.9 Å². The van der Waals surface area contributed by atoms with Crippen molar-refractivity contribution in [1.82, 2.24) is 0 Å². The van der Waals surface area contributed by atoms with Gasteiger partial charge in [0.2, 0.25) is 0 Å². The molecule has 0 saturated heterocycles. The van der Waals surface area contributed by atoms with Crippen LogP contribution in [0.2, 0.25) is 0 Å². The monoisotopic (exact) mass is 326 g/mol. The van der Waals surface area contributed by atoms with Gasteiger partial charge in [-0.25, -0.2) is 0 Å². The van der Waals surface area contributed by atoms with Crippen molar-refractivity contribution in [3.63, 3.8) is 0 Å². The summed E-state index contributed by atoms with van der Waals surface area (Å²) in [5, 5.41) is 38.4. The number of hydrogen-bond acceptors (Lipinski definition) is 4. The summed E-state index contributed by atoms with van der Waals surface area (Å²) in [5.41, 5.74) is -2.18. The second-order valence-corrected chi connectivity index (χ2v) is 7.07. The third kappa shape index (κ3) is 1.03. The van der Waals surface area contributed by atoms with Crippen LogP contribution in [0.3, 0.4) is 0 Å². The van der Waals surface area contributed by atoms with Crippen molar-refractivity contribution in [2.75, 3.05) is 0 Å². The first-order chi connectivity index (χ1) is 9.56. The first-order valence-corrected chi connectivity index (χ1v) is 7.40. The lowest BCUT2D eigenvalue weighted by molar-refractivity contribution is 0.0961. The van der Waals surface area contributed by atoms with Gasteiger partial charge in [0.05, 0.1) is 28.6 Å². The zero-order chi connectivity index (χ0) is 14.6. The van der Waals surface area contributed by atoms with Gasteiger partial charge in [0, 0.05) is 6.42 Å². The van der Waals surface area contributed by atoms with E-state index in [9.17, 15) is 21.0 Å². The van der Waals surface area contributed by atoms with Gasteiger partial charge in [0.15, 0.2) is 10.8 Å². The highest BCUT2D eigenvalue weighted by Crippen LogP contribution is 2.73. The fourth-order valence-electron chi connectivity index (χ4n) is 4.38. The summed E-state index contributed by atoms with van der Waals surface area (Å²) in [6.45, 7) is 0. The van der Waals surface area contributed by atoms with Crippen LogP contribution in [0.4, 0.5) is 0 Å². The number of alkyl halides is 1. The van der Waals surface area contributed by atoms with Gasteiger partial charge in [-0.3, -0.25) is 0 Å². The van der Waals surface area contributed by atoms with Crippen LogP contribution < -0.4 is 0 Å². The van der Waals surface area contributed by atoms with Crippen LogP contribution in [0, 0.1) is 68.0 Å². The Morgan fingerprint density at radius 3 is 2.25 bits per heavy atom. The molecule has 3 rings (SSSR count). The van der Waals surface area contributed by atoms with Gasteiger partial charge in [-0.2, -0.15) is 21.0 Å². The predicted octanol–water partition coefficient (Wildman–Crippen LogP) is 2.95. The van der Waals surface area contributed by atoms with Gasteiger partial charge in [-0.1, -0.05) is 34.0 Å². The molecule has 5 heteroatoms. The standard InChI is InChI=1S/C15H11BrN4/c16-15-11-3-1-2-10(11)12(15)4-5-13(6-17,7-18)14(15,8-19)9-20/h4,10-11H,1-3,5H2/t10-,11+,15+/m1/s1. The van der Waals surface area contributed by atoms with E-state index in [0.29, 0.717) is 5.92 Å². The molecule has 0 unspecified atom stereocenters. The summed E-state index contributed by atoms with van der Waals surface area (Å²) in [6.07, 6.45) is 5.15. The van der Waals surface area contributed by atoms with Crippen molar-refractivity contribution in [3.05, 3.63) is 11.6 Å². The van der Waals surface area contributed by atoms with E-state index < -0.39 is 15.2 Å². The summed E-state index contributed by atoms with van der Waals surface area (Å²) < 4.78 is -0.825. The fourth-order valence-corrected chi connectivity index (χ4v) is 5.90. The molecule has 0 radical (unpaired) electrons. The SMILES string of the molecule is N#CC1(C#N)CC=C2[C@@H]3CCC[C@@H]3[C@@]2(Br)C1(C#N)C#N. The molecule has 0 bridgehead atoms. The molecule has 98 valence electrons. The van der Waals surface area contributed by atoms with Gasteiger partial charge in [0.1, 0.15) is 0 Å². The zero-order valence-corrected chi connectivity index (χ0v) is 12.3. The van der Waals surface area contributed by atoms with Gasteiger partial charge >= 0.3 is 0 Å². The molecule has 0 aromatic carbocycles. The van der Waals surface area contributed by atoms with E-state index in [0.717, 1.165) is 24.8 Å². The predicted molar refractivity (Wildman–Crippen MR) is 72.5 cm³/mol. The molecule has 4 nitrogen and oxygen atoms in total. The average molecular weight is 327 g/mol. The van der Waals surface area contributed by atoms with Gasteiger partial charge in [-0.05, 0) is 24.7 Å². The van der Waals surface area contributed by atoms with Crippen LogP contribution in [0.5, 0.6) is 0 Å². The summed E-state index contributed by atoms with van der Waals surface area (Å²) in [6, 6.07) is 8.04. The number of nitriles is 4. The molecule has 0 aliphatic heterocycles. The average Bonchev–Trinajstić information content (AvgIpc) is 2.92. The number of halogens is 1. The Morgan fingerprint density at radius 2 is 1.70 bits per heavy atom. The number of nitrogens with zero attached hydrogens (tertiary/aromatic N) is 4. The highest BCUT2D eigenvalue weighted by Gasteiger charge is 2.77. The lowest BCUT2D eigenvalue weighted by atomic mass is 9.43. The van der Waals surface area contributed by atoms with E-state index in [1.54, 1.807) is 0 Å². The molecule has 3 atom stereocenters. The molecule has 0 spiro atoms. The maximum absolute atomic E-state index is 9.71. The van der Waals surface area contributed by atoms with Gasteiger partial charge in [-0.15, -0.1) is 0 Å². The van der Waals surface area contributed by atoms with Crippen LogP contribution in [0.15, 0.2) is 11.6 Å². The number of allylic oxidation sites excluding steroid dienone is 2. The molecule has 20 heavy (non-hydrogen) atoms. The van der Waals surface area contributed by atoms with Crippen LogP contribution in [-0.4, -0.2) is 4.32 Å². The Kier molecular flexibility index (Phi) is 2.54. The summed E-state index contributed by atoms with van der Waals surface area (Å²) in [7, 11) is 0. The Morgan fingerprint density at radius 1 is 1.05 bits per heavy atom. The van der Waals surface area contributed by atoms with E-state index in [1.165, 1.54) is 0 Å². The van der Waals surface area contributed by atoms with Crippen molar-refractivity contribution in [2.24, 2.45) is 22.7 Å². The highest BCUT2D eigenvalue weighted by molar-refractivity contribution is 9.10. The first-order valence-electron chi connectivity index (χ1n) is 6.61. The van der Waals surface area contributed by atoms with Gasteiger partial charge < -0.3 is 0 Å². The van der Waals surface area contributed by atoms with E-state index in [4.69, 9.17) is 0 Å². The van der Waals surface area contributed by atoms with E-state index in [-0.39, 0.29) is 12.3 Å². The maximum atomic E-state index is 9.71. The Balaban J connectivity index is 2.29. The largest absolute Gasteiger partial charge is 0.196 e. The minimum atomic E-state index is -1.64. The molecule has 2 fully saturated rings. The minimum Gasteiger partial charge on any atom is -0.196 e. The van der Waals surface area contributed by atoms with Crippen molar-refractivity contribution >= 4 is 15.9 Å². The Labute approximate surface area is 126 Å². The Bertz CT molecular complexity index is 653. The molecule has 0 N–H and O–H groups in total. The second-order valence-electron chi connectivity index (χ2n) is 5.82. The van der Waals surface area contributed by atoms with E-state index in [2.05, 4.69) is 28.1 Å². The summed E-state index contributed by atoms with van der Waals surface area (Å²) in [5.74, 6) is 0.584. The molecular weight excluding hydrogens is 316 g/mol. The lowest BCUT2D eigenvalue weighted by Gasteiger charge is -2.61. The molecular formula is C15H11BrN4. The van der Waals surface area contributed by atoms with E-state index >= 15 is 0 Å². The molecule has 2 saturated carbocycles. The molecule has 0 heterocycles. The van der Waals surface area contributed by atoms with E-state index in [1.807, 2.05) is 18.2 Å². The molecule has 3 aliphatic carbocycles. The van der Waals surface area contributed by atoms with Crippen LogP contribution in [0.1, 0.15) is 25.7 Å². The minimum absolute atomic E-state index is 0.160. The van der Waals surface area contributed by atoms with Crippen molar-refractivity contribution in [2.45, 2.75) is 30.0 Å². The number of rotatable bonds is 0. The van der Waals surface area contributed by atoms with Crippen LogP contribution in [0.25, 0.3) is 0 Å². The maximum Gasteiger partial charge on any atom is 0.194 e. The fraction of sp³-hybridized carbons (Fsp3) is 0.600. The summed E-state index contributed by atoms with van der Waals surface area (Å²) >= 11 is 3.64. The first kappa shape index (κ1) is 13.2. The highest BCUT2D eigenvalue weighted by atomic mass is 79.9. The molecule has 0 aromatic rings. The summed E-state index contributed by atoms with van der Waals surface area (Å²) in [4.78, 5) is 0. The third-order valence-corrected chi connectivity index (χ3v) is 7.02. The third-order valence-electron chi connectivity index (χ3n) is 5.38. The van der Waals surface area contributed by atoms with Crippen molar-refractivity contribution in [3.8, 4) is 24.3 Å². The normalized spacial score (nSPS) is 38.5. The molecule has 3 aliphatic rings. The molecule has 0 amide bonds.